The number of halogens is 4. The largest absolute Gasteiger partial charge is 0.673 e. The van der Waals surface area contributed by atoms with Gasteiger partial charge in [0.05, 0.1) is 24.8 Å². The molecule has 3 aromatic rings. The van der Waals surface area contributed by atoms with Crippen molar-refractivity contribution in [2.45, 2.75) is 0 Å². The fourth-order valence-corrected chi connectivity index (χ4v) is 3.17. The van der Waals surface area contributed by atoms with Crippen molar-refractivity contribution < 1.29 is 31.2 Å². The van der Waals surface area contributed by atoms with E-state index in [1.165, 1.54) is 7.11 Å². The number of thiophene rings is 2. The van der Waals surface area contributed by atoms with Gasteiger partial charge in [0.15, 0.2) is 0 Å². The van der Waals surface area contributed by atoms with Gasteiger partial charge in [0.25, 0.3) is 0 Å². The van der Waals surface area contributed by atoms with Gasteiger partial charge in [-0.1, -0.05) is 12.1 Å². The molecule has 132 valence electrons. The monoisotopic (exact) mass is 390 g/mol. The standard InChI is InChI=1S/C15H11O3S2.BF4/c1-17-15(16)10-8-11(13-4-2-6-19-13)18-12(9-10)14-5-3-7-20-14;2-1(3,4)5/h2-9H,1H3;/q+1;-1. The minimum atomic E-state index is -6.00. The molecular formula is C15H11BF4O3S2. The summed E-state index contributed by atoms with van der Waals surface area (Å²) in [6, 6.07) is 11.3. The van der Waals surface area contributed by atoms with E-state index in [0.717, 1.165) is 9.75 Å². The average Bonchev–Trinajstić information content (AvgIpc) is 3.25. The Morgan fingerprint density at radius 2 is 1.44 bits per heavy atom. The van der Waals surface area contributed by atoms with Crippen molar-refractivity contribution in [3.8, 4) is 21.3 Å². The van der Waals surface area contributed by atoms with Crippen LogP contribution in [0, 0.1) is 0 Å². The van der Waals surface area contributed by atoms with Crippen molar-refractivity contribution in [2.24, 2.45) is 0 Å². The molecule has 0 amide bonds. The van der Waals surface area contributed by atoms with Crippen molar-refractivity contribution in [1.82, 2.24) is 0 Å². The number of rotatable bonds is 3. The molecule has 3 rings (SSSR count). The first kappa shape index (κ1) is 19.1. The second kappa shape index (κ2) is 8.26. The zero-order valence-corrected chi connectivity index (χ0v) is 14.4. The third-order valence-corrected chi connectivity index (χ3v) is 4.51. The van der Waals surface area contributed by atoms with E-state index in [1.54, 1.807) is 34.8 Å². The van der Waals surface area contributed by atoms with Crippen LogP contribution in [0.25, 0.3) is 21.3 Å². The second-order valence-electron chi connectivity index (χ2n) is 4.52. The zero-order valence-electron chi connectivity index (χ0n) is 12.7. The summed E-state index contributed by atoms with van der Waals surface area (Å²) in [6.07, 6.45) is 0. The third-order valence-electron chi connectivity index (χ3n) is 2.74. The van der Waals surface area contributed by atoms with Gasteiger partial charge in [-0.2, -0.15) is 0 Å². The highest BCUT2D eigenvalue weighted by Gasteiger charge is 2.24. The summed E-state index contributed by atoms with van der Waals surface area (Å²) >= 11 is 3.14. The summed E-state index contributed by atoms with van der Waals surface area (Å²) < 4.78 is 49.7. The maximum atomic E-state index is 11.8. The van der Waals surface area contributed by atoms with Crippen LogP contribution in [0.15, 0.2) is 51.6 Å². The van der Waals surface area contributed by atoms with Crippen LogP contribution in [0.3, 0.4) is 0 Å². The molecule has 0 unspecified atom stereocenters. The van der Waals surface area contributed by atoms with Crippen LogP contribution in [0.5, 0.6) is 0 Å². The van der Waals surface area contributed by atoms with Crippen LogP contribution in [0.1, 0.15) is 10.4 Å². The van der Waals surface area contributed by atoms with Crippen molar-refractivity contribution >= 4 is 35.9 Å². The highest BCUT2D eigenvalue weighted by molar-refractivity contribution is 7.13. The molecule has 3 heterocycles. The molecule has 0 atom stereocenters. The number of esters is 1. The summed E-state index contributed by atoms with van der Waals surface area (Å²) in [4.78, 5) is 13.8. The van der Waals surface area contributed by atoms with Gasteiger partial charge in [-0.25, -0.2) is 9.21 Å². The Morgan fingerprint density at radius 3 is 1.76 bits per heavy atom. The van der Waals surface area contributed by atoms with Crippen LogP contribution >= 0.6 is 22.7 Å². The lowest BCUT2D eigenvalue weighted by Crippen LogP contribution is -2.02. The molecule has 0 saturated carbocycles. The normalized spacial score (nSPS) is 10.8. The topological polar surface area (TPSA) is 37.6 Å². The van der Waals surface area contributed by atoms with Crippen molar-refractivity contribution in [3.63, 3.8) is 0 Å². The van der Waals surface area contributed by atoms with Gasteiger partial charge in [-0.15, -0.1) is 22.7 Å². The minimum absolute atomic E-state index is 0.364. The highest BCUT2D eigenvalue weighted by atomic mass is 32.1. The van der Waals surface area contributed by atoms with E-state index in [4.69, 9.17) is 9.15 Å². The first-order chi connectivity index (χ1) is 11.8. The van der Waals surface area contributed by atoms with Gasteiger partial charge in [0.2, 0.25) is 0 Å². The van der Waals surface area contributed by atoms with Gasteiger partial charge >= 0.3 is 24.7 Å². The smallest absolute Gasteiger partial charge is 0.465 e. The first-order valence-corrected chi connectivity index (χ1v) is 8.55. The molecule has 0 saturated heterocycles. The lowest BCUT2D eigenvalue weighted by atomic mass is 10.2. The summed E-state index contributed by atoms with van der Waals surface area (Å²) in [6.45, 7) is 0. The molecule has 10 heteroatoms. The van der Waals surface area contributed by atoms with Gasteiger partial charge in [-0.05, 0) is 22.9 Å². The molecule has 3 nitrogen and oxygen atoms in total. The Kier molecular flexibility index (Phi) is 6.32. The summed E-state index contributed by atoms with van der Waals surface area (Å²) in [5.41, 5.74) is 0.491. The summed E-state index contributed by atoms with van der Waals surface area (Å²) in [7, 11) is -4.62. The van der Waals surface area contributed by atoms with E-state index < -0.39 is 7.25 Å². The molecule has 25 heavy (non-hydrogen) atoms. The van der Waals surface area contributed by atoms with Crippen LogP contribution < -0.4 is 0 Å². The van der Waals surface area contributed by atoms with Gasteiger partial charge in [0, 0.05) is 0 Å². The van der Waals surface area contributed by atoms with Gasteiger partial charge in [0.1, 0.15) is 9.75 Å². The fraction of sp³-hybridized carbons (Fsp3) is 0.0667. The number of hydrogen-bond acceptors (Lipinski definition) is 4. The van der Waals surface area contributed by atoms with E-state index in [2.05, 4.69) is 0 Å². The molecule has 0 aromatic carbocycles. The van der Waals surface area contributed by atoms with E-state index in [9.17, 15) is 22.1 Å². The predicted molar refractivity (Wildman–Crippen MR) is 91.3 cm³/mol. The van der Waals surface area contributed by atoms with Crippen LogP contribution in [0.2, 0.25) is 0 Å². The molecule has 0 radical (unpaired) electrons. The number of methoxy groups -OCH3 is 1. The zero-order chi connectivity index (χ0) is 18.4. The van der Waals surface area contributed by atoms with Gasteiger partial charge < -0.3 is 22.0 Å². The van der Waals surface area contributed by atoms with Gasteiger partial charge in [-0.3, -0.25) is 0 Å². The van der Waals surface area contributed by atoms with E-state index in [-0.39, 0.29) is 5.97 Å². The quantitative estimate of drug-likeness (QED) is 0.235. The molecule has 0 aliphatic rings. The Labute approximate surface area is 148 Å². The Bertz CT molecular complexity index is 759. The molecule has 0 spiro atoms. The number of ether oxygens (including phenoxy) is 1. The molecule has 0 aliphatic heterocycles. The molecule has 0 N–H and O–H groups in total. The average molecular weight is 390 g/mol. The number of hydrogen-bond donors (Lipinski definition) is 0. The van der Waals surface area contributed by atoms with E-state index in [1.807, 2.05) is 35.0 Å². The first-order valence-electron chi connectivity index (χ1n) is 6.79. The molecular weight excluding hydrogens is 379 g/mol. The van der Waals surface area contributed by atoms with Crippen LogP contribution in [-0.4, -0.2) is 20.3 Å². The van der Waals surface area contributed by atoms with Crippen molar-refractivity contribution in [3.05, 3.63) is 52.7 Å². The summed E-state index contributed by atoms with van der Waals surface area (Å²) in [5, 5.41) is 3.95. The molecule has 0 fully saturated rings. The third kappa shape index (κ3) is 5.98. The lowest BCUT2D eigenvalue weighted by Gasteiger charge is -1.97. The maximum absolute atomic E-state index is 11.8. The van der Waals surface area contributed by atoms with Crippen LogP contribution in [0.4, 0.5) is 17.3 Å². The Hall–Kier alpha value is -2.20. The molecule has 0 aliphatic carbocycles. The minimum Gasteiger partial charge on any atom is -0.465 e. The second-order valence-corrected chi connectivity index (χ2v) is 6.41. The number of carbonyl (C=O) groups is 1. The fourth-order valence-electron chi connectivity index (χ4n) is 1.82. The summed E-state index contributed by atoms with van der Waals surface area (Å²) in [5.74, 6) is 0.981. The molecule has 0 bridgehead atoms. The van der Waals surface area contributed by atoms with Crippen molar-refractivity contribution in [2.75, 3.05) is 7.11 Å². The van der Waals surface area contributed by atoms with E-state index >= 15 is 0 Å². The predicted octanol–water partition coefficient (Wildman–Crippen LogP) is 6.10. The Morgan fingerprint density at radius 1 is 1.00 bits per heavy atom. The van der Waals surface area contributed by atoms with Crippen LogP contribution in [-0.2, 0) is 4.74 Å². The van der Waals surface area contributed by atoms with Crippen molar-refractivity contribution in [1.29, 1.82) is 0 Å². The maximum Gasteiger partial charge on any atom is 0.673 e. The number of carbonyl (C=O) groups excluding carboxylic acids is 1. The SMILES string of the molecule is COC(=O)c1cc(-c2cccs2)[o+]c(-c2cccs2)c1.F[B-](F)(F)F. The Balaban J connectivity index is 0.000000399. The lowest BCUT2D eigenvalue weighted by molar-refractivity contribution is 0.0600. The van der Waals surface area contributed by atoms with E-state index in [0.29, 0.717) is 17.1 Å². The highest BCUT2D eigenvalue weighted by Crippen LogP contribution is 2.32. The molecule has 3 aromatic heterocycles.